The van der Waals surface area contributed by atoms with Crippen LogP contribution < -0.4 is 52.6 Å². The van der Waals surface area contributed by atoms with Crippen molar-refractivity contribution in [3.05, 3.63) is 0 Å². The predicted octanol–water partition coefficient (Wildman–Crippen LogP) is -18.3. The summed E-state index contributed by atoms with van der Waals surface area (Å²) in [7, 11) is 0. The molecule has 0 spiro atoms. The van der Waals surface area contributed by atoms with Gasteiger partial charge in [0.15, 0.2) is 0 Å². The van der Waals surface area contributed by atoms with Crippen molar-refractivity contribution in [1.82, 2.24) is 0 Å². The Kier molecular flexibility index (Phi) is 47.1. The SMILES string of the molecule is [O]=[Mo](=[O])([O-])[O-].[O]=[Mo](=[O])([O-])[O-].[O]=[Mo](=[O])([O-])[O-].[O]=[Mo](=[O])([O-])[O-].[O]=[Mo](=[O])([O-])[O-].[O]=[Mo](=[O])([O-])[O-].[O]=[Mo](=[O])([O-])[O-].[Re].[Re]. The first-order valence-corrected chi connectivity index (χ1v) is 27.6. The van der Waals surface area contributed by atoms with Crippen LogP contribution in [0, 0.1) is 0 Å². The molecule has 0 unspecified atom stereocenters. The fraction of sp³-hybridized carbons (Fsp3) is 0. The van der Waals surface area contributed by atoms with E-state index in [0.29, 0.717) is 0 Å². The normalized spacial score (nSPS) is 11.0. The molecule has 0 fully saturated rings. The molecule has 28 nitrogen and oxygen atoms in total. The average Bonchev–Trinajstić information content (AvgIpc) is 2.06. The molecule has 0 aliphatic carbocycles. The number of hydrogen-bond donors (Lipinski definition) is 0. The molecule has 0 N–H and O–H groups in total. The van der Waals surface area contributed by atoms with Gasteiger partial charge >= 0.3 is 217 Å². The summed E-state index contributed by atoms with van der Waals surface area (Å²) in [6.45, 7) is 0. The third kappa shape index (κ3) is 6780. The van der Waals surface area contributed by atoms with Crippen molar-refractivity contribution in [1.29, 1.82) is 0 Å². The second-order valence-corrected chi connectivity index (χ2v) is 16.9. The maximum Gasteiger partial charge on any atom is 0 e. The molecule has 0 heterocycles. The summed E-state index contributed by atoms with van der Waals surface area (Å²) in [6, 6.07) is 0. The van der Waals surface area contributed by atoms with Gasteiger partial charge in [0, 0.05) is 40.8 Å². The monoisotopic (exact) mass is 1510 g/mol. The van der Waals surface area contributed by atoms with E-state index in [4.69, 9.17) is 100 Å². The third-order valence-electron chi connectivity index (χ3n) is 0. The third-order valence-corrected chi connectivity index (χ3v) is 0. The fourth-order valence-electron chi connectivity index (χ4n) is 0. The van der Waals surface area contributed by atoms with E-state index in [1.807, 2.05) is 0 Å². The summed E-state index contributed by atoms with van der Waals surface area (Å²) in [6.07, 6.45) is 0. The van der Waals surface area contributed by atoms with E-state index in [9.17, 15) is 0 Å². The summed E-state index contributed by atoms with van der Waals surface area (Å²) in [5.41, 5.74) is 0. The van der Waals surface area contributed by atoms with Gasteiger partial charge in [-0.2, -0.15) is 0 Å². The van der Waals surface area contributed by atoms with Crippen molar-refractivity contribution in [2.45, 2.75) is 0 Å². The van der Waals surface area contributed by atoms with Crippen LogP contribution in [0.5, 0.6) is 0 Å². The van der Waals surface area contributed by atoms with Gasteiger partial charge in [-0.25, -0.2) is 0 Å². The first-order valence-electron chi connectivity index (χ1n) is 4.67. The first-order chi connectivity index (χ1) is 14.0. The molecule has 0 saturated carbocycles. The second-order valence-electron chi connectivity index (χ2n) is 2.86. The molecule has 0 atom stereocenters. The zero-order valence-corrected chi connectivity index (χ0v) is 34.5. The molecular formula is Mo7O28Re2-14. The molecule has 0 amide bonds. The Labute approximate surface area is 254 Å². The van der Waals surface area contributed by atoms with Crippen molar-refractivity contribution < 1.29 is 258 Å². The van der Waals surface area contributed by atoms with Crippen LogP contribution in [0.1, 0.15) is 0 Å². The Morgan fingerprint density at radius 1 is 0.189 bits per heavy atom. The summed E-state index contributed by atoms with van der Waals surface area (Å²) in [4.78, 5) is 0. The quantitative estimate of drug-likeness (QED) is 0.203. The van der Waals surface area contributed by atoms with Crippen molar-refractivity contribution in [3.8, 4) is 0 Å². The molecule has 2 radical (unpaired) electrons. The van der Waals surface area contributed by atoms with Gasteiger partial charge in [-0.1, -0.05) is 0 Å². The molecule has 37 heteroatoms. The molecule has 0 aliphatic heterocycles. The Morgan fingerprint density at radius 2 is 0.189 bits per heavy atom. The van der Waals surface area contributed by atoms with Gasteiger partial charge in [0.05, 0.1) is 0 Å². The van der Waals surface area contributed by atoms with E-state index in [0.717, 1.165) is 0 Å². The van der Waals surface area contributed by atoms with Crippen LogP contribution in [0.4, 0.5) is 0 Å². The maximum atomic E-state index is 8.63. The summed E-state index contributed by atoms with van der Waals surface area (Å²) < 4.78 is 242. The van der Waals surface area contributed by atoms with Crippen LogP contribution >= 0.6 is 0 Å². The van der Waals surface area contributed by atoms with Crippen molar-refractivity contribution in [2.75, 3.05) is 0 Å². The first kappa shape index (κ1) is 63.1. The van der Waals surface area contributed by atoms with Gasteiger partial charge in [-0.15, -0.1) is 0 Å². The summed E-state index contributed by atoms with van der Waals surface area (Å²) >= 11 is -42.1. The smallest absolute Gasteiger partial charge is 0 e. The molecule has 0 aromatic carbocycles. The van der Waals surface area contributed by atoms with Gasteiger partial charge in [0.1, 0.15) is 0 Å². The number of rotatable bonds is 0. The topological polar surface area (TPSA) is 562 Å². The van der Waals surface area contributed by atoms with Crippen LogP contribution in [0.15, 0.2) is 0 Å². The van der Waals surface area contributed by atoms with Crippen LogP contribution in [0.2, 0.25) is 0 Å². The van der Waals surface area contributed by atoms with Gasteiger partial charge in [-0.05, 0) is 0 Å². The van der Waals surface area contributed by atoms with Gasteiger partial charge < -0.3 is 0 Å². The van der Waals surface area contributed by atoms with Crippen LogP contribution in [-0.4, -0.2) is 0 Å². The predicted molar refractivity (Wildman–Crippen MR) is 9.61 cm³/mol. The molecular weight excluding hydrogens is 1490 g/mol. The van der Waals surface area contributed by atoms with E-state index in [2.05, 4.69) is 0 Å². The fourth-order valence-corrected chi connectivity index (χ4v) is 0. The van der Waals surface area contributed by atoms with Gasteiger partial charge in [0.2, 0.25) is 0 Å². The van der Waals surface area contributed by atoms with E-state index >= 15 is 0 Å². The van der Waals surface area contributed by atoms with Gasteiger partial charge in [-0.3, -0.25) is 0 Å². The minimum Gasteiger partial charge on any atom is 0 e. The molecule has 0 aliphatic rings. The largest absolute Gasteiger partial charge is 0 e. The Bertz CT molecular complexity index is 914. The van der Waals surface area contributed by atoms with Crippen LogP contribution in [0.25, 0.3) is 0 Å². The zero-order chi connectivity index (χ0) is 31.5. The minimum absolute atomic E-state index is 0. The van der Waals surface area contributed by atoms with E-state index in [1.165, 1.54) is 0 Å². The average molecular weight is 1490 g/mol. The van der Waals surface area contributed by atoms with Crippen molar-refractivity contribution in [2.24, 2.45) is 0 Å². The molecule has 37 heavy (non-hydrogen) atoms. The Morgan fingerprint density at radius 3 is 0.189 bits per heavy atom. The summed E-state index contributed by atoms with van der Waals surface area (Å²) in [5, 5.41) is 0. The molecule has 0 bridgehead atoms. The van der Waals surface area contributed by atoms with E-state index in [-0.39, 0.29) is 40.8 Å². The second kappa shape index (κ2) is 27.6. The van der Waals surface area contributed by atoms with Crippen molar-refractivity contribution >= 4 is 0 Å². The van der Waals surface area contributed by atoms with E-state index < -0.39 is 117 Å². The molecule has 238 valence electrons. The van der Waals surface area contributed by atoms with Crippen molar-refractivity contribution in [3.63, 3.8) is 0 Å². The summed E-state index contributed by atoms with van der Waals surface area (Å²) in [5.74, 6) is 0. The van der Waals surface area contributed by atoms with E-state index in [1.54, 1.807) is 0 Å². The van der Waals surface area contributed by atoms with Crippen LogP contribution in [-0.2, 0) is 206 Å². The van der Waals surface area contributed by atoms with Gasteiger partial charge in [0.25, 0.3) is 0 Å². The molecule has 0 saturated heterocycles. The van der Waals surface area contributed by atoms with Crippen LogP contribution in [0.3, 0.4) is 0 Å². The zero-order valence-electron chi connectivity index (χ0n) is 15.0. The Balaban J connectivity index is -0.0000000350. The Hall–Kier alpha value is 2.78. The molecule has 0 aromatic rings. The number of hydrogen-bond acceptors (Lipinski definition) is 28. The maximum absolute atomic E-state index is 8.63. The molecule has 0 aromatic heterocycles. The molecule has 0 rings (SSSR count). The minimum atomic E-state index is -6.02. The standard InChI is InChI=1S/7Mo.28O.2Re/q;;;;;;;;;;;;;;;;;;;;;14*-1;;.